The van der Waals surface area contributed by atoms with Gasteiger partial charge in [-0.1, -0.05) is 6.42 Å². The Morgan fingerprint density at radius 3 is 2.82 bits per heavy atom. The SMILES string of the molecule is CC1(O)CCCC(CN)CC1. The van der Waals surface area contributed by atoms with Crippen LogP contribution in [0.3, 0.4) is 0 Å². The van der Waals surface area contributed by atoms with Gasteiger partial charge in [-0.05, 0) is 45.1 Å². The van der Waals surface area contributed by atoms with E-state index in [4.69, 9.17) is 5.73 Å². The lowest BCUT2D eigenvalue weighted by Gasteiger charge is -2.20. The van der Waals surface area contributed by atoms with E-state index in [-0.39, 0.29) is 0 Å². The second-order valence-corrected chi connectivity index (χ2v) is 4.03. The lowest BCUT2D eigenvalue weighted by atomic mass is 9.96. The van der Waals surface area contributed by atoms with Gasteiger partial charge in [0, 0.05) is 0 Å². The maximum Gasteiger partial charge on any atom is 0.0619 e. The highest BCUT2D eigenvalue weighted by atomic mass is 16.3. The smallest absolute Gasteiger partial charge is 0.0619 e. The third-order valence-electron chi connectivity index (χ3n) is 2.75. The predicted molar refractivity (Wildman–Crippen MR) is 46.3 cm³/mol. The van der Waals surface area contributed by atoms with E-state index in [0.717, 1.165) is 32.2 Å². The Hall–Kier alpha value is -0.0800. The molecule has 0 aromatic carbocycles. The van der Waals surface area contributed by atoms with Gasteiger partial charge in [0.15, 0.2) is 0 Å². The molecule has 1 aliphatic rings. The Morgan fingerprint density at radius 2 is 2.18 bits per heavy atom. The number of hydrogen-bond acceptors (Lipinski definition) is 2. The molecule has 0 saturated heterocycles. The van der Waals surface area contributed by atoms with E-state index in [1.54, 1.807) is 0 Å². The third-order valence-corrected chi connectivity index (χ3v) is 2.75. The Labute approximate surface area is 68.8 Å². The highest BCUT2D eigenvalue weighted by Gasteiger charge is 2.25. The maximum absolute atomic E-state index is 9.73. The summed E-state index contributed by atoms with van der Waals surface area (Å²) in [7, 11) is 0. The molecule has 0 spiro atoms. The molecular weight excluding hydrogens is 138 g/mol. The fourth-order valence-corrected chi connectivity index (χ4v) is 1.79. The lowest BCUT2D eigenvalue weighted by Crippen LogP contribution is -2.22. The number of hydrogen-bond donors (Lipinski definition) is 2. The van der Waals surface area contributed by atoms with E-state index in [1.807, 2.05) is 6.92 Å². The fourth-order valence-electron chi connectivity index (χ4n) is 1.79. The number of rotatable bonds is 1. The fraction of sp³-hybridized carbons (Fsp3) is 1.00. The van der Waals surface area contributed by atoms with Gasteiger partial charge >= 0.3 is 0 Å². The Balaban J connectivity index is 2.39. The van der Waals surface area contributed by atoms with Crippen LogP contribution in [0.5, 0.6) is 0 Å². The molecule has 1 aliphatic carbocycles. The van der Waals surface area contributed by atoms with Crippen LogP contribution in [0.25, 0.3) is 0 Å². The molecular formula is C9H19NO. The van der Waals surface area contributed by atoms with Crippen molar-refractivity contribution in [3.8, 4) is 0 Å². The molecule has 1 rings (SSSR count). The van der Waals surface area contributed by atoms with Crippen LogP contribution in [0, 0.1) is 5.92 Å². The normalized spacial score (nSPS) is 40.1. The zero-order valence-electron chi connectivity index (χ0n) is 7.34. The van der Waals surface area contributed by atoms with E-state index >= 15 is 0 Å². The number of aliphatic hydroxyl groups is 1. The molecule has 0 aromatic heterocycles. The molecule has 0 heterocycles. The van der Waals surface area contributed by atoms with Gasteiger partial charge in [0.1, 0.15) is 0 Å². The van der Waals surface area contributed by atoms with Crippen molar-refractivity contribution >= 4 is 0 Å². The highest BCUT2D eigenvalue weighted by molar-refractivity contribution is 4.79. The summed E-state index contributed by atoms with van der Waals surface area (Å²) in [6, 6.07) is 0. The van der Waals surface area contributed by atoms with Gasteiger partial charge < -0.3 is 10.8 Å². The molecule has 2 atom stereocenters. The molecule has 0 amide bonds. The summed E-state index contributed by atoms with van der Waals surface area (Å²) in [5, 5.41) is 9.73. The summed E-state index contributed by atoms with van der Waals surface area (Å²) >= 11 is 0. The first-order chi connectivity index (χ1) is 5.14. The van der Waals surface area contributed by atoms with E-state index < -0.39 is 5.60 Å². The largest absolute Gasteiger partial charge is 0.390 e. The van der Waals surface area contributed by atoms with Crippen LogP contribution in [0.15, 0.2) is 0 Å². The summed E-state index contributed by atoms with van der Waals surface area (Å²) in [5.41, 5.74) is 5.17. The second kappa shape index (κ2) is 3.55. The van der Waals surface area contributed by atoms with Gasteiger partial charge in [-0.3, -0.25) is 0 Å². The molecule has 11 heavy (non-hydrogen) atoms. The van der Waals surface area contributed by atoms with Crippen LogP contribution in [-0.2, 0) is 0 Å². The minimum absolute atomic E-state index is 0.413. The van der Waals surface area contributed by atoms with Crippen molar-refractivity contribution in [2.45, 2.75) is 44.6 Å². The number of nitrogens with two attached hydrogens (primary N) is 1. The van der Waals surface area contributed by atoms with E-state index in [9.17, 15) is 5.11 Å². The molecule has 0 aromatic rings. The van der Waals surface area contributed by atoms with Gasteiger partial charge in [-0.15, -0.1) is 0 Å². The first-order valence-corrected chi connectivity index (χ1v) is 4.56. The van der Waals surface area contributed by atoms with Crippen molar-refractivity contribution in [2.75, 3.05) is 6.54 Å². The van der Waals surface area contributed by atoms with Gasteiger partial charge in [-0.25, -0.2) is 0 Å². The Bertz CT molecular complexity index is 123. The first kappa shape index (κ1) is 9.01. The molecule has 2 nitrogen and oxygen atoms in total. The maximum atomic E-state index is 9.73. The Morgan fingerprint density at radius 1 is 1.45 bits per heavy atom. The zero-order valence-corrected chi connectivity index (χ0v) is 7.34. The first-order valence-electron chi connectivity index (χ1n) is 4.56. The van der Waals surface area contributed by atoms with Crippen LogP contribution in [0.2, 0.25) is 0 Å². The molecule has 3 N–H and O–H groups in total. The van der Waals surface area contributed by atoms with Gasteiger partial charge in [-0.2, -0.15) is 0 Å². The topological polar surface area (TPSA) is 46.2 Å². The van der Waals surface area contributed by atoms with Gasteiger partial charge in [0.2, 0.25) is 0 Å². The monoisotopic (exact) mass is 157 g/mol. The van der Waals surface area contributed by atoms with Gasteiger partial charge in [0.05, 0.1) is 5.60 Å². The van der Waals surface area contributed by atoms with Crippen molar-refractivity contribution in [2.24, 2.45) is 11.7 Å². The summed E-state index contributed by atoms with van der Waals surface area (Å²) < 4.78 is 0. The van der Waals surface area contributed by atoms with E-state index in [1.165, 1.54) is 6.42 Å². The Kier molecular flexibility index (Phi) is 2.90. The third kappa shape index (κ3) is 2.80. The molecule has 0 radical (unpaired) electrons. The van der Waals surface area contributed by atoms with Crippen molar-refractivity contribution in [1.82, 2.24) is 0 Å². The van der Waals surface area contributed by atoms with Crippen molar-refractivity contribution in [1.29, 1.82) is 0 Å². The van der Waals surface area contributed by atoms with Crippen LogP contribution in [0.4, 0.5) is 0 Å². The minimum Gasteiger partial charge on any atom is -0.390 e. The van der Waals surface area contributed by atoms with Crippen LogP contribution in [0.1, 0.15) is 39.0 Å². The predicted octanol–water partition coefficient (Wildman–Crippen LogP) is 1.28. The van der Waals surface area contributed by atoms with Crippen molar-refractivity contribution < 1.29 is 5.11 Å². The van der Waals surface area contributed by atoms with E-state index in [0.29, 0.717) is 5.92 Å². The highest BCUT2D eigenvalue weighted by Crippen LogP contribution is 2.29. The molecule has 66 valence electrons. The lowest BCUT2D eigenvalue weighted by molar-refractivity contribution is 0.0434. The van der Waals surface area contributed by atoms with E-state index in [2.05, 4.69) is 0 Å². The van der Waals surface area contributed by atoms with Gasteiger partial charge in [0.25, 0.3) is 0 Å². The second-order valence-electron chi connectivity index (χ2n) is 4.03. The molecule has 2 unspecified atom stereocenters. The molecule has 2 heteroatoms. The van der Waals surface area contributed by atoms with Crippen molar-refractivity contribution in [3.05, 3.63) is 0 Å². The zero-order chi connectivity index (χ0) is 8.32. The average Bonchev–Trinajstić information content (AvgIpc) is 2.10. The van der Waals surface area contributed by atoms with Crippen LogP contribution in [-0.4, -0.2) is 17.3 Å². The molecule has 1 saturated carbocycles. The molecule has 1 fully saturated rings. The summed E-state index contributed by atoms with van der Waals surface area (Å²) in [6.07, 6.45) is 5.31. The van der Waals surface area contributed by atoms with Crippen LogP contribution < -0.4 is 5.73 Å². The average molecular weight is 157 g/mol. The van der Waals surface area contributed by atoms with Crippen LogP contribution >= 0.6 is 0 Å². The molecule has 0 aliphatic heterocycles. The molecule has 0 bridgehead atoms. The minimum atomic E-state index is -0.413. The summed E-state index contributed by atoms with van der Waals surface area (Å²) in [5.74, 6) is 0.656. The summed E-state index contributed by atoms with van der Waals surface area (Å²) in [6.45, 7) is 2.72. The standard InChI is InChI=1S/C9H19NO/c1-9(11)5-2-3-8(7-10)4-6-9/h8,11H,2-7,10H2,1H3. The van der Waals surface area contributed by atoms with Crippen molar-refractivity contribution in [3.63, 3.8) is 0 Å². The quantitative estimate of drug-likeness (QED) is 0.563. The summed E-state index contributed by atoms with van der Waals surface area (Å²) in [4.78, 5) is 0.